The lowest BCUT2D eigenvalue weighted by atomic mass is 9.43. The van der Waals surface area contributed by atoms with Crippen molar-refractivity contribution in [3.05, 3.63) is 0 Å². The van der Waals surface area contributed by atoms with Crippen molar-refractivity contribution < 1.29 is 9.90 Å². The number of hydrogen-bond donors (Lipinski definition) is 2. The van der Waals surface area contributed by atoms with Crippen molar-refractivity contribution in [1.82, 2.24) is 5.32 Å². The second-order valence-electron chi connectivity index (χ2n) is 11.2. The third-order valence-corrected chi connectivity index (χ3v) is 11.7. The van der Waals surface area contributed by atoms with Crippen molar-refractivity contribution in [2.24, 2.45) is 40.4 Å². The van der Waals surface area contributed by atoms with Gasteiger partial charge in [-0.1, -0.05) is 13.8 Å². The van der Waals surface area contributed by atoms with E-state index in [4.69, 9.17) is 0 Å². The highest BCUT2D eigenvalue weighted by atomic mass is 32.2. The third-order valence-electron chi connectivity index (χ3n) is 10.1. The second-order valence-corrected chi connectivity index (χ2v) is 12.8. The number of fused-ring (bicyclic) bond motifs is 5. The average Bonchev–Trinajstić information content (AvgIpc) is 3.30. The van der Waals surface area contributed by atoms with Crippen molar-refractivity contribution in [2.45, 2.75) is 82.1 Å². The Morgan fingerprint density at radius 3 is 2.68 bits per heavy atom. The first-order valence-corrected chi connectivity index (χ1v) is 12.9. The number of aliphatic hydroxyl groups excluding tert-OH is 1. The van der Waals surface area contributed by atoms with E-state index in [1.807, 2.05) is 0 Å². The minimum absolute atomic E-state index is 0.0830. The van der Waals surface area contributed by atoms with Crippen LogP contribution in [0.15, 0.2) is 0 Å². The third kappa shape index (κ3) is 2.95. The van der Waals surface area contributed by atoms with Gasteiger partial charge in [0.1, 0.15) is 5.78 Å². The quantitative estimate of drug-likeness (QED) is 0.736. The van der Waals surface area contributed by atoms with Gasteiger partial charge in [-0.05, 0) is 92.9 Å². The molecule has 158 valence electrons. The molecule has 4 saturated carbocycles. The molecule has 0 bridgehead atoms. The van der Waals surface area contributed by atoms with Crippen LogP contribution < -0.4 is 5.32 Å². The summed E-state index contributed by atoms with van der Waals surface area (Å²) in [6.45, 7) is 7.58. The molecule has 4 aliphatic carbocycles. The molecule has 5 aliphatic rings. The summed E-state index contributed by atoms with van der Waals surface area (Å²) in [5, 5.41) is 15.5. The van der Waals surface area contributed by atoms with Crippen LogP contribution in [0.4, 0.5) is 0 Å². The zero-order chi connectivity index (χ0) is 19.5. The smallest absolute Gasteiger partial charge is 0.139 e. The highest BCUT2D eigenvalue weighted by molar-refractivity contribution is 8.00. The predicted octanol–water partition coefficient (Wildman–Crippen LogP) is 4.28. The van der Waals surface area contributed by atoms with Gasteiger partial charge >= 0.3 is 0 Å². The van der Waals surface area contributed by atoms with Crippen molar-refractivity contribution in [2.75, 3.05) is 19.7 Å². The number of Topliss-reactive ketones (excluding diaryl/α,β-unsaturated/α-hetero) is 1. The molecule has 1 saturated heterocycles. The topological polar surface area (TPSA) is 49.3 Å². The van der Waals surface area contributed by atoms with E-state index in [-0.39, 0.29) is 5.41 Å². The Morgan fingerprint density at radius 2 is 1.93 bits per heavy atom. The van der Waals surface area contributed by atoms with Gasteiger partial charge in [-0.2, -0.15) is 11.8 Å². The fraction of sp³-hybridized carbons (Fsp3) is 0.958. The Bertz CT molecular complexity index is 620. The fourth-order valence-electron chi connectivity index (χ4n) is 8.49. The van der Waals surface area contributed by atoms with Crippen LogP contribution in [0.3, 0.4) is 0 Å². The number of carbonyl (C=O) groups is 1. The Morgan fingerprint density at radius 1 is 1.07 bits per heavy atom. The largest absolute Gasteiger partial charge is 0.396 e. The first kappa shape index (κ1) is 19.9. The molecule has 1 heterocycles. The van der Waals surface area contributed by atoms with Crippen LogP contribution in [0, 0.1) is 40.4 Å². The average molecular weight is 406 g/mol. The van der Waals surface area contributed by atoms with E-state index >= 15 is 0 Å². The number of aliphatic hydroxyl groups is 1. The van der Waals surface area contributed by atoms with Crippen molar-refractivity contribution in [3.63, 3.8) is 0 Å². The molecule has 0 amide bonds. The van der Waals surface area contributed by atoms with E-state index in [0.29, 0.717) is 35.6 Å². The summed E-state index contributed by atoms with van der Waals surface area (Å²) in [5.74, 6) is 3.56. The number of rotatable bonds is 3. The maximum absolute atomic E-state index is 12.7. The van der Waals surface area contributed by atoms with Crippen molar-refractivity contribution >= 4 is 17.5 Å². The molecule has 0 aromatic rings. The van der Waals surface area contributed by atoms with Crippen LogP contribution in [0.1, 0.15) is 71.6 Å². The molecule has 9 atom stereocenters. The van der Waals surface area contributed by atoms with Gasteiger partial charge in [-0.25, -0.2) is 0 Å². The van der Waals surface area contributed by atoms with E-state index in [1.54, 1.807) is 0 Å². The highest BCUT2D eigenvalue weighted by Gasteiger charge is 2.62. The number of thioether (sulfide) groups is 1. The van der Waals surface area contributed by atoms with Gasteiger partial charge in [0.15, 0.2) is 0 Å². The summed E-state index contributed by atoms with van der Waals surface area (Å²) in [7, 11) is 0. The first-order chi connectivity index (χ1) is 13.5. The highest BCUT2D eigenvalue weighted by Crippen LogP contribution is 2.67. The molecular weight excluding hydrogens is 366 g/mol. The number of hydrogen-bond acceptors (Lipinski definition) is 4. The standard InChI is InChI=1S/C24H39NO2S/c1-23-8-5-17(28-18-7-10-25-13-18)12-16(23)11-15(14-26)22-19-3-4-21(27)24(19,2)9-6-20(22)23/h15-20,22,25-26H,3-14H2,1-2H3/t15-,16?,17+,18+,19-,20-,22-,23-,24-/m0/s1. The SMILES string of the molecule is C[C@]12CC[C@@H](S[C@@H]3CCNC3)CC1C[C@@H](CO)[C@@H]1[C@@H]2CC[C@]2(C)C(=O)CC[C@@H]12. The molecule has 28 heavy (non-hydrogen) atoms. The maximum Gasteiger partial charge on any atom is 0.139 e. The molecule has 2 N–H and O–H groups in total. The molecule has 1 unspecified atom stereocenters. The minimum atomic E-state index is -0.0830. The predicted molar refractivity (Wildman–Crippen MR) is 115 cm³/mol. The van der Waals surface area contributed by atoms with Crippen LogP contribution in [-0.4, -0.2) is 41.1 Å². The molecule has 0 aromatic heterocycles. The summed E-state index contributed by atoms with van der Waals surface area (Å²) < 4.78 is 0. The summed E-state index contributed by atoms with van der Waals surface area (Å²) >= 11 is 2.27. The zero-order valence-electron chi connectivity index (χ0n) is 17.8. The molecule has 3 nitrogen and oxygen atoms in total. The van der Waals surface area contributed by atoms with Crippen LogP contribution in [0.5, 0.6) is 0 Å². The van der Waals surface area contributed by atoms with Gasteiger partial charge in [-0.3, -0.25) is 4.79 Å². The van der Waals surface area contributed by atoms with E-state index < -0.39 is 0 Å². The second kappa shape index (κ2) is 7.27. The van der Waals surface area contributed by atoms with Crippen LogP contribution in [-0.2, 0) is 4.79 Å². The molecule has 0 spiro atoms. The number of carbonyl (C=O) groups excluding carboxylic acids is 1. The molecule has 0 aromatic carbocycles. The van der Waals surface area contributed by atoms with E-state index in [0.717, 1.165) is 41.6 Å². The monoisotopic (exact) mass is 405 g/mol. The van der Waals surface area contributed by atoms with E-state index in [2.05, 4.69) is 30.9 Å². The van der Waals surface area contributed by atoms with Crippen LogP contribution in [0.25, 0.3) is 0 Å². The van der Waals surface area contributed by atoms with Gasteiger partial charge in [0.25, 0.3) is 0 Å². The zero-order valence-corrected chi connectivity index (χ0v) is 18.6. The summed E-state index contributed by atoms with van der Waals surface area (Å²) in [6.07, 6.45) is 10.8. The van der Waals surface area contributed by atoms with Gasteiger partial charge < -0.3 is 10.4 Å². The normalized spacial score (nSPS) is 53.5. The van der Waals surface area contributed by atoms with E-state index in [9.17, 15) is 9.90 Å². The maximum atomic E-state index is 12.7. The molecule has 0 radical (unpaired) electrons. The fourth-order valence-corrected chi connectivity index (χ4v) is 10.1. The van der Waals surface area contributed by atoms with Gasteiger partial charge in [0.2, 0.25) is 0 Å². The molecular formula is C24H39NO2S. The molecule has 5 rings (SSSR count). The Hall–Kier alpha value is -0.0600. The molecule has 1 aliphatic heterocycles. The number of nitrogens with one attached hydrogen (secondary N) is 1. The summed E-state index contributed by atoms with van der Waals surface area (Å²) in [6, 6.07) is 0. The van der Waals surface area contributed by atoms with E-state index in [1.165, 1.54) is 51.6 Å². The first-order valence-electron chi connectivity index (χ1n) is 12.0. The lowest BCUT2D eigenvalue weighted by Crippen LogP contribution is -2.57. The van der Waals surface area contributed by atoms with Gasteiger partial charge in [0, 0.05) is 35.5 Å². The van der Waals surface area contributed by atoms with Crippen LogP contribution in [0.2, 0.25) is 0 Å². The van der Waals surface area contributed by atoms with Gasteiger partial charge in [-0.15, -0.1) is 0 Å². The lowest BCUT2D eigenvalue weighted by Gasteiger charge is -2.62. The minimum Gasteiger partial charge on any atom is -0.396 e. The van der Waals surface area contributed by atoms with Crippen molar-refractivity contribution in [3.8, 4) is 0 Å². The Balaban J connectivity index is 1.37. The van der Waals surface area contributed by atoms with Crippen molar-refractivity contribution in [1.29, 1.82) is 0 Å². The lowest BCUT2D eigenvalue weighted by molar-refractivity contribution is -0.152. The summed E-state index contributed by atoms with van der Waals surface area (Å²) in [4.78, 5) is 12.7. The Kier molecular flexibility index (Phi) is 5.16. The number of ketones is 1. The molecule has 5 fully saturated rings. The van der Waals surface area contributed by atoms with Gasteiger partial charge in [0.05, 0.1) is 0 Å². The summed E-state index contributed by atoms with van der Waals surface area (Å²) in [5.41, 5.74) is 0.356. The Labute approximate surface area is 175 Å². The molecule has 4 heteroatoms. The van der Waals surface area contributed by atoms with Crippen LogP contribution >= 0.6 is 11.8 Å².